The Balaban J connectivity index is 1.35. The number of fused-ring (bicyclic) bond motifs is 2. The van der Waals surface area contributed by atoms with Gasteiger partial charge in [0.05, 0.1) is 0 Å². The molecule has 4 aromatic rings. The molecule has 0 amide bonds. The molecule has 0 aliphatic heterocycles. The van der Waals surface area contributed by atoms with Crippen LogP contribution in [0.1, 0.15) is 48.0 Å². The van der Waals surface area contributed by atoms with Gasteiger partial charge in [-0.05, 0) is 60.9 Å². The largest absolute Gasteiger partial charge is 0.407 e. The second kappa shape index (κ2) is 12.6. The van der Waals surface area contributed by atoms with Crippen LogP contribution in [0.15, 0.2) is 133 Å². The maximum Gasteiger partial charge on any atom is 0.261 e. The summed E-state index contributed by atoms with van der Waals surface area (Å²) in [5.41, 5.74) is 0. The Morgan fingerprint density at radius 3 is 0.978 bits per heavy atom. The van der Waals surface area contributed by atoms with Gasteiger partial charge in [0.1, 0.15) is 0 Å². The maximum atomic E-state index is 7.56. The summed E-state index contributed by atoms with van der Waals surface area (Å²) in [5.74, 6) is 1.95. The third-order valence-electron chi connectivity index (χ3n) is 10.6. The molecule has 4 atom stereocenters. The molecule has 234 valence electrons. The molecule has 2 aliphatic carbocycles. The van der Waals surface area contributed by atoms with Gasteiger partial charge in [-0.3, -0.25) is 0 Å². The molecule has 2 bridgehead atoms. The van der Waals surface area contributed by atoms with E-state index >= 15 is 0 Å². The average molecular weight is 631 g/mol. The van der Waals surface area contributed by atoms with Crippen molar-refractivity contribution in [1.29, 1.82) is 0 Å². The molecule has 0 saturated heterocycles. The number of benzene rings is 4. The highest BCUT2D eigenvalue weighted by Crippen LogP contribution is 2.50. The molecule has 0 aromatic heterocycles. The van der Waals surface area contributed by atoms with E-state index in [4.69, 9.17) is 8.85 Å². The zero-order valence-electron chi connectivity index (χ0n) is 27.9. The molecular formula is C41H50O2Si2. The molecule has 0 N–H and O–H groups in total. The second-order valence-electron chi connectivity index (χ2n) is 15.2. The van der Waals surface area contributed by atoms with E-state index in [0.717, 1.165) is 13.2 Å². The molecule has 0 spiro atoms. The van der Waals surface area contributed by atoms with Crippen molar-refractivity contribution in [3.8, 4) is 0 Å². The Morgan fingerprint density at radius 2 is 0.733 bits per heavy atom. The van der Waals surface area contributed by atoms with Crippen LogP contribution in [0.3, 0.4) is 0 Å². The summed E-state index contributed by atoms with van der Waals surface area (Å²) < 4.78 is 15.1. The van der Waals surface area contributed by atoms with Crippen LogP contribution in [0.2, 0.25) is 10.1 Å². The number of hydrogen-bond acceptors (Lipinski definition) is 2. The molecule has 1 fully saturated rings. The Labute approximate surface area is 273 Å². The molecule has 0 unspecified atom stereocenters. The van der Waals surface area contributed by atoms with E-state index in [1.54, 1.807) is 0 Å². The second-order valence-corrected chi connectivity index (χ2v) is 23.8. The van der Waals surface area contributed by atoms with Crippen molar-refractivity contribution in [2.75, 3.05) is 13.2 Å². The first-order valence-corrected chi connectivity index (χ1v) is 20.6. The Morgan fingerprint density at radius 1 is 0.467 bits per heavy atom. The third-order valence-corrected chi connectivity index (χ3v) is 20.6. The molecule has 6 rings (SSSR count). The van der Waals surface area contributed by atoms with E-state index in [1.807, 2.05) is 0 Å². The molecule has 4 heteroatoms. The Bertz CT molecular complexity index is 1360. The fraction of sp³-hybridized carbons (Fsp3) is 0.366. The Hall–Kier alpha value is -3.03. The minimum atomic E-state index is -2.62. The van der Waals surface area contributed by atoms with Gasteiger partial charge in [-0.2, -0.15) is 0 Å². The van der Waals surface area contributed by atoms with Crippen LogP contribution < -0.4 is 20.7 Å². The molecule has 1 saturated carbocycles. The van der Waals surface area contributed by atoms with E-state index in [0.29, 0.717) is 23.7 Å². The van der Waals surface area contributed by atoms with Gasteiger partial charge < -0.3 is 8.85 Å². The van der Waals surface area contributed by atoms with Crippen molar-refractivity contribution < 1.29 is 8.85 Å². The maximum absolute atomic E-state index is 7.56. The normalized spacial score (nSPS) is 21.7. The van der Waals surface area contributed by atoms with E-state index in [-0.39, 0.29) is 10.1 Å². The van der Waals surface area contributed by atoms with Crippen LogP contribution in [0.25, 0.3) is 0 Å². The first kappa shape index (κ1) is 31.9. The number of rotatable bonds is 10. The predicted octanol–water partition coefficient (Wildman–Crippen LogP) is 7.58. The fourth-order valence-electron chi connectivity index (χ4n) is 8.49. The van der Waals surface area contributed by atoms with Gasteiger partial charge in [0, 0.05) is 13.2 Å². The minimum absolute atomic E-state index is 0.0376. The van der Waals surface area contributed by atoms with Gasteiger partial charge in [-0.25, -0.2) is 0 Å². The topological polar surface area (TPSA) is 18.5 Å². The van der Waals surface area contributed by atoms with E-state index < -0.39 is 16.6 Å². The number of hydrogen-bond donors (Lipinski definition) is 0. The van der Waals surface area contributed by atoms with E-state index in [9.17, 15) is 0 Å². The van der Waals surface area contributed by atoms with Gasteiger partial charge in [-0.1, -0.05) is 175 Å². The van der Waals surface area contributed by atoms with Crippen LogP contribution in [-0.4, -0.2) is 29.8 Å². The lowest BCUT2D eigenvalue weighted by Crippen LogP contribution is -2.67. The Kier molecular flexibility index (Phi) is 8.97. The molecule has 2 nitrogen and oxygen atoms in total. The predicted molar refractivity (Wildman–Crippen MR) is 195 cm³/mol. The van der Waals surface area contributed by atoms with Crippen LogP contribution in [-0.2, 0) is 8.85 Å². The summed E-state index contributed by atoms with van der Waals surface area (Å²) in [6.45, 7) is 15.8. The summed E-state index contributed by atoms with van der Waals surface area (Å²) >= 11 is 0. The van der Waals surface area contributed by atoms with Gasteiger partial charge >= 0.3 is 0 Å². The number of allylic oxidation sites excluding steroid dienone is 2. The first-order valence-electron chi connectivity index (χ1n) is 16.8. The lowest BCUT2D eigenvalue weighted by atomic mass is 9.84. The highest BCUT2D eigenvalue weighted by atomic mass is 28.4. The molecule has 2 aliphatic rings. The highest BCUT2D eigenvalue weighted by molar-refractivity contribution is 7.00. The summed E-state index contributed by atoms with van der Waals surface area (Å²) in [5, 5.41) is 5.32. The summed E-state index contributed by atoms with van der Waals surface area (Å²) in [7, 11) is -5.25. The summed E-state index contributed by atoms with van der Waals surface area (Å²) in [6.07, 6.45) is 6.16. The van der Waals surface area contributed by atoms with Crippen molar-refractivity contribution in [2.24, 2.45) is 23.7 Å². The van der Waals surface area contributed by atoms with Crippen molar-refractivity contribution in [3.63, 3.8) is 0 Å². The van der Waals surface area contributed by atoms with E-state index in [2.05, 4.69) is 175 Å². The van der Waals surface area contributed by atoms with Crippen molar-refractivity contribution in [1.82, 2.24) is 0 Å². The zero-order chi connectivity index (χ0) is 31.7. The van der Waals surface area contributed by atoms with Crippen molar-refractivity contribution in [3.05, 3.63) is 133 Å². The minimum Gasteiger partial charge on any atom is -0.407 e. The van der Waals surface area contributed by atoms with Gasteiger partial charge in [0.25, 0.3) is 16.6 Å². The van der Waals surface area contributed by atoms with Crippen molar-refractivity contribution >= 4 is 37.4 Å². The van der Waals surface area contributed by atoms with Gasteiger partial charge in [-0.15, -0.1) is 0 Å². The van der Waals surface area contributed by atoms with Crippen LogP contribution in [0.4, 0.5) is 0 Å². The van der Waals surface area contributed by atoms with E-state index in [1.165, 1.54) is 27.2 Å². The van der Waals surface area contributed by atoms with Crippen LogP contribution in [0.5, 0.6) is 0 Å². The molecular weight excluding hydrogens is 581 g/mol. The average Bonchev–Trinajstić information content (AvgIpc) is 3.65. The standard InChI is InChI=1S/C41H50O2Si2/c1-40(2,3)44(34-19-11-7-12-20-34,35-21-13-8-14-22-35)42-30-38-32-27-28-33(29-32)39(38)31-43-45(41(4,5)6,36-23-15-9-16-24-36)37-25-17-10-18-26-37/h7-28,32-33,38-39H,29-31H2,1-6H3/t32-,33+,38-,39+. The van der Waals surface area contributed by atoms with Crippen LogP contribution in [0, 0.1) is 23.7 Å². The van der Waals surface area contributed by atoms with Gasteiger partial charge in [0.15, 0.2) is 0 Å². The molecule has 0 heterocycles. The first-order chi connectivity index (χ1) is 21.6. The molecule has 45 heavy (non-hydrogen) atoms. The van der Waals surface area contributed by atoms with Crippen LogP contribution >= 0.6 is 0 Å². The summed E-state index contributed by atoms with van der Waals surface area (Å²) in [4.78, 5) is 0. The third kappa shape index (κ3) is 5.76. The fourth-order valence-corrected chi connectivity index (χ4v) is 17.7. The smallest absolute Gasteiger partial charge is 0.261 e. The quantitative estimate of drug-likeness (QED) is 0.133. The summed E-state index contributed by atoms with van der Waals surface area (Å²) in [6, 6.07) is 44.3. The van der Waals surface area contributed by atoms with Gasteiger partial charge in [0.2, 0.25) is 0 Å². The lowest BCUT2D eigenvalue weighted by Gasteiger charge is -2.46. The highest BCUT2D eigenvalue weighted by Gasteiger charge is 2.54. The monoisotopic (exact) mass is 630 g/mol. The van der Waals surface area contributed by atoms with Crippen molar-refractivity contribution in [2.45, 2.75) is 58.0 Å². The molecule has 4 aromatic carbocycles. The molecule has 0 radical (unpaired) electrons. The zero-order valence-corrected chi connectivity index (χ0v) is 29.9. The SMILES string of the molecule is CC(C)(C)[Si](OC[C@@H]1[C@H](CO[Si](c2ccccc2)(c2ccccc2)C(C)(C)C)[C@@H]2C=C[C@H]1C2)(c1ccccc1)c1ccccc1. The lowest BCUT2D eigenvalue weighted by molar-refractivity contribution is 0.124.